The van der Waals surface area contributed by atoms with Crippen molar-refractivity contribution in [3.05, 3.63) is 23.8 Å². The van der Waals surface area contributed by atoms with Gasteiger partial charge in [0.2, 0.25) is 0 Å². The van der Waals surface area contributed by atoms with Crippen LogP contribution in [0, 0.1) is 0 Å². The van der Waals surface area contributed by atoms with Gasteiger partial charge in [0.25, 0.3) is 5.91 Å². The number of ether oxygens (including phenoxy) is 3. The van der Waals surface area contributed by atoms with Crippen LogP contribution in [0.4, 0.5) is 0 Å². The van der Waals surface area contributed by atoms with Crippen molar-refractivity contribution in [2.24, 2.45) is 0 Å². The summed E-state index contributed by atoms with van der Waals surface area (Å²) in [7, 11) is 3.08. The highest BCUT2D eigenvalue weighted by atomic mass is 35.5. The molecule has 1 aromatic carbocycles. The van der Waals surface area contributed by atoms with Crippen LogP contribution >= 0.6 is 11.6 Å². The molecule has 1 aromatic rings. The molecule has 0 spiro atoms. The summed E-state index contributed by atoms with van der Waals surface area (Å²) < 4.78 is 16.2. The largest absolute Gasteiger partial charge is 0.496 e. The number of morpholine rings is 1. The summed E-state index contributed by atoms with van der Waals surface area (Å²) in [6.07, 6.45) is -0.146. The van der Waals surface area contributed by atoms with Crippen LogP contribution in [0.5, 0.6) is 11.5 Å². The van der Waals surface area contributed by atoms with Gasteiger partial charge in [0.05, 0.1) is 38.9 Å². The number of rotatable bonds is 4. The van der Waals surface area contributed by atoms with E-state index in [4.69, 9.17) is 25.8 Å². The van der Waals surface area contributed by atoms with Crippen LogP contribution in [0.3, 0.4) is 0 Å². The number of hydrogen-bond acceptors (Lipinski definition) is 4. The van der Waals surface area contributed by atoms with Gasteiger partial charge in [-0.05, 0) is 19.1 Å². The van der Waals surface area contributed by atoms with E-state index in [9.17, 15) is 4.79 Å². The van der Waals surface area contributed by atoms with Crippen molar-refractivity contribution >= 4 is 17.5 Å². The van der Waals surface area contributed by atoms with Gasteiger partial charge in [0.15, 0.2) is 0 Å². The first kappa shape index (κ1) is 15.9. The summed E-state index contributed by atoms with van der Waals surface area (Å²) in [5, 5.41) is 0. The van der Waals surface area contributed by atoms with E-state index in [1.807, 2.05) is 6.92 Å². The maximum Gasteiger partial charge on any atom is 0.261 e. The van der Waals surface area contributed by atoms with Gasteiger partial charge in [0.1, 0.15) is 17.1 Å². The van der Waals surface area contributed by atoms with Gasteiger partial charge >= 0.3 is 0 Å². The molecule has 1 aliphatic rings. The molecule has 1 saturated heterocycles. The molecule has 0 aromatic heterocycles. The molecule has 1 heterocycles. The summed E-state index contributed by atoms with van der Waals surface area (Å²) in [6.45, 7) is 2.88. The highest BCUT2D eigenvalue weighted by molar-refractivity contribution is 6.18. The number of hydrogen-bond donors (Lipinski definition) is 0. The average molecular weight is 314 g/mol. The second kappa shape index (κ2) is 7.00. The lowest BCUT2D eigenvalue weighted by atomic mass is 10.1. The fourth-order valence-corrected chi connectivity index (χ4v) is 2.59. The SMILES string of the molecule is COc1cccc(OC)c1C(=O)N1CC(CCl)OCC1C. The van der Waals surface area contributed by atoms with E-state index in [0.717, 1.165) is 0 Å². The van der Waals surface area contributed by atoms with Gasteiger partial charge in [-0.3, -0.25) is 4.79 Å². The molecule has 0 N–H and O–H groups in total. The summed E-state index contributed by atoms with van der Waals surface area (Å²) >= 11 is 5.85. The Morgan fingerprint density at radius 3 is 2.52 bits per heavy atom. The second-order valence-electron chi connectivity index (χ2n) is 4.95. The van der Waals surface area contributed by atoms with E-state index in [2.05, 4.69) is 0 Å². The molecule has 2 atom stereocenters. The lowest BCUT2D eigenvalue weighted by molar-refractivity contribution is -0.0373. The third-order valence-corrected chi connectivity index (χ3v) is 3.92. The molecule has 5 nitrogen and oxygen atoms in total. The van der Waals surface area contributed by atoms with Crippen molar-refractivity contribution in [1.82, 2.24) is 4.90 Å². The van der Waals surface area contributed by atoms with Crippen molar-refractivity contribution in [2.45, 2.75) is 19.1 Å². The predicted octanol–water partition coefficient (Wildman–Crippen LogP) is 2.17. The minimum Gasteiger partial charge on any atom is -0.496 e. The summed E-state index contributed by atoms with van der Waals surface area (Å²) in [5.74, 6) is 1.23. The third kappa shape index (κ3) is 3.24. The fraction of sp³-hybridized carbons (Fsp3) is 0.533. The molecule has 0 radical (unpaired) electrons. The number of halogens is 1. The molecule has 116 valence electrons. The van der Waals surface area contributed by atoms with Crippen LogP contribution in [0.15, 0.2) is 18.2 Å². The Bertz CT molecular complexity index is 486. The normalized spacial score (nSPS) is 22.0. The molecule has 6 heteroatoms. The number of carbonyl (C=O) groups excluding carboxylic acids is 1. The lowest BCUT2D eigenvalue weighted by Crippen LogP contribution is -2.51. The Labute approximate surface area is 129 Å². The zero-order valence-corrected chi connectivity index (χ0v) is 13.2. The molecule has 21 heavy (non-hydrogen) atoms. The third-order valence-electron chi connectivity index (χ3n) is 3.58. The van der Waals surface area contributed by atoms with E-state index >= 15 is 0 Å². The zero-order valence-electron chi connectivity index (χ0n) is 12.5. The fourth-order valence-electron chi connectivity index (χ4n) is 2.40. The van der Waals surface area contributed by atoms with E-state index in [1.54, 1.807) is 23.1 Å². The van der Waals surface area contributed by atoms with Gasteiger partial charge in [-0.2, -0.15) is 0 Å². The van der Waals surface area contributed by atoms with Crippen molar-refractivity contribution in [1.29, 1.82) is 0 Å². The first-order valence-electron chi connectivity index (χ1n) is 6.81. The van der Waals surface area contributed by atoms with Gasteiger partial charge in [-0.25, -0.2) is 0 Å². The molecule has 2 unspecified atom stereocenters. The van der Waals surface area contributed by atoms with Crippen molar-refractivity contribution in [2.75, 3.05) is 33.3 Å². The van der Waals surface area contributed by atoms with Crippen molar-refractivity contribution in [3.8, 4) is 11.5 Å². The van der Waals surface area contributed by atoms with Crippen molar-refractivity contribution < 1.29 is 19.0 Å². The van der Waals surface area contributed by atoms with Gasteiger partial charge in [-0.15, -0.1) is 11.6 Å². The predicted molar refractivity (Wildman–Crippen MR) is 80.5 cm³/mol. The van der Waals surface area contributed by atoms with Crippen LogP contribution in [-0.4, -0.2) is 56.2 Å². The maximum absolute atomic E-state index is 12.9. The molecular formula is C15H20ClNO4. The molecule has 0 aliphatic carbocycles. The topological polar surface area (TPSA) is 48.0 Å². The van der Waals surface area contributed by atoms with Gasteiger partial charge < -0.3 is 19.1 Å². The maximum atomic E-state index is 12.9. The number of methoxy groups -OCH3 is 2. The Hall–Kier alpha value is -1.46. The number of carbonyl (C=O) groups is 1. The Morgan fingerprint density at radius 2 is 2.00 bits per heavy atom. The van der Waals surface area contributed by atoms with Crippen LogP contribution in [-0.2, 0) is 4.74 Å². The van der Waals surface area contributed by atoms with Crippen molar-refractivity contribution in [3.63, 3.8) is 0 Å². The van der Waals surface area contributed by atoms with Crippen LogP contribution < -0.4 is 9.47 Å². The molecule has 1 amide bonds. The molecular weight excluding hydrogens is 294 g/mol. The Morgan fingerprint density at radius 1 is 1.38 bits per heavy atom. The first-order valence-corrected chi connectivity index (χ1v) is 7.35. The minimum atomic E-state index is -0.146. The summed E-state index contributed by atoms with van der Waals surface area (Å²) in [5.41, 5.74) is 0.435. The van der Waals surface area contributed by atoms with Gasteiger partial charge in [-0.1, -0.05) is 6.07 Å². The highest BCUT2D eigenvalue weighted by Crippen LogP contribution is 2.31. The number of amides is 1. The van der Waals surface area contributed by atoms with Gasteiger partial charge in [0, 0.05) is 6.54 Å². The smallest absolute Gasteiger partial charge is 0.261 e. The molecule has 1 fully saturated rings. The average Bonchev–Trinajstić information content (AvgIpc) is 2.53. The van der Waals surface area contributed by atoms with Crippen LogP contribution in [0.25, 0.3) is 0 Å². The minimum absolute atomic E-state index is 0.0217. The summed E-state index contributed by atoms with van der Waals surface area (Å²) in [4.78, 5) is 14.7. The van der Waals surface area contributed by atoms with E-state index in [-0.39, 0.29) is 18.1 Å². The van der Waals surface area contributed by atoms with E-state index in [1.165, 1.54) is 14.2 Å². The zero-order chi connectivity index (χ0) is 15.4. The van der Waals surface area contributed by atoms with Crippen LogP contribution in [0.2, 0.25) is 0 Å². The molecule has 0 saturated carbocycles. The lowest BCUT2D eigenvalue weighted by Gasteiger charge is -2.37. The van der Waals surface area contributed by atoms with E-state index < -0.39 is 0 Å². The molecule has 0 bridgehead atoms. The number of nitrogens with zero attached hydrogens (tertiary/aromatic N) is 1. The standard InChI is InChI=1S/C15H20ClNO4/c1-10-9-21-11(7-16)8-17(10)15(18)14-12(19-2)5-4-6-13(14)20-3/h4-6,10-11H,7-9H2,1-3H3. The first-order chi connectivity index (χ1) is 10.1. The monoisotopic (exact) mass is 313 g/mol. The number of alkyl halides is 1. The van der Waals surface area contributed by atoms with E-state index in [0.29, 0.717) is 36.1 Å². The molecule has 2 rings (SSSR count). The second-order valence-corrected chi connectivity index (χ2v) is 5.26. The Balaban J connectivity index is 2.34. The quantitative estimate of drug-likeness (QED) is 0.799. The molecule has 1 aliphatic heterocycles. The highest BCUT2D eigenvalue weighted by Gasteiger charge is 2.32. The Kier molecular flexibility index (Phi) is 5.31. The summed E-state index contributed by atoms with van der Waals surface area (Å²) in [6, 6.07) is 5.27. The number of benzene rings is 1. The van der Waals surface area contributed by atoms with Crippen LogP contribution in [0.1, 0.15) is 17.3 Å².